The second kappa shape index (κ2) is 4.79. The molecule has 0 heterocycles. The standard InChI is InChI=1S/C15H23FN2/c1-15(2)8-6-12(7-9-15)18(3)14-5-4-11(16)10-13(14)17/h4-5,10,12H,6-9,17H2,1-3H3. The summed E-state index contributed by atoms with van der Waals surface area (Å²) in [5.41, 5.74) is 7.84. The molecule has 0 amide bonds. The second-order valence-corrected chi connectivity index (χ2v) is 6.21. The molecule has 0 bridgehead atoms. The summed E-state index contributed by atoms with van der Waals surface area (Å²) in [6, 6.07) is 5.18. The van der Waals surface area contributed by atoms with E-state index in [2.05, 4.69) is 25.8 Å². The highest BCUT2D eigenvalue weighted by molar-refractivity contribution is 5.67. The zero-order valence-corrected chi connectivity index (χ0v) is 11.5. The van der Waals surface area contributed by atoms with Gasteiger partial charge in [0.1, 0.15) is 5.82 Å². The van der Waals surface area contributed by atoms with Crippen molar-refractivity contribution in [3.8, 4) is 0 Å². The minimum atomic E-state index is -0.269. The summed E-state index contributed by atoms with van der Waals surface area (Å²) in [4.78, 5) is 2.21. The lowest BCUT2D eigenvalue weighted by Gasteiger charge is -2.39. The minimum absolute atomic E-state index is 0.269. The van der Waals surface area contributed by atoms with Crippen molar-refractivity contribution in [3.63, 3.8) is 0 Å². The van der Waals surface area contributed by atoms with Crippen molar-refractivity contribution in [1.29, 1.82) is 0 Å². The number of halogens is 1. The Hall–Kier alpha value is -1.25. The largest absolute Gasteiger partial charge is 0.397 e. The van der Waals surface area contributed by atoms with Crippen LogP contribution in [0.3, 0.4) is 0 Å². The SMILES string of the molecule is CN(c1ccc(F)cc1N)C1CCC(C)(C)CC1. The molecule has 0 saturated heterocycles. The number of benzene rings is 1. The molecule has 0 radical (unpaired) electrons. The molecule has 1 fully saturated rings. The van der Waals surface area contributed by atoms with Gasteiger partial charge in [-0.2, -0.15) is 0 Å². The number of anilines is 2. The number of rotatable bonds is 2. The normalized spacial score (nSPS) is 19.8. The summed E-state index contributed by atoms with van der Waals surface area (Å²) >= 11 is 0. The van der Waals surface area contributed by atoms with E-state index in [0.29, 0.717) is 17.1 Å². The lowest BCUT2D eigenvalue weighted by Crippen LogP contribution is -2.37. The third-order valence-corrected chi connectivity index (χ3v) is 4.23. The Morgan fingerprint density at radius 1 is 1.28 bits per heavy atom. The van der Waals surface area contributed by atoms with Gasteiger partial charge in [0.15, 0.2) is 0 Å². The minimum Gasteiger partial charge on any atom is -0.397 e. The first-order valence-corrected chi connectivity index (χ1v) is 6.67. The van der Waals surface area contributed by atoms with Gasteiger partial charge in [-0.1, -0.05) is 13.8 Å². The molecular formula is C15H23FN2. The van der Waals surface area contributed by atoms with Gasteiger partial charge in [-0.15, -0.1) is 0 Å². The fraction of sp³-hybridized carbons (Fsp3) is 0.600. The molecule has 1 aliphatic carbocycles. The third kappa shape index (κ3) is 2.77. The van der Waals surface area contributed by atoms with E-state index in [4.69, 9.17) is 5.73 Å². The van der Waals surface area contributed by atoms with Crippen molar-refractivity contribution in [2.24, 2.45) is 5.41 Å². The van der Waals surface area contributed by atoms with Crippen molar-refractivity contribution < 1.29 is 4.39 Å². The van der Waals surface area contributed by atoms with Gasteiger partial charge in [0.2, 0.25) is 0 Å². The van der Waals surface area contributed by atoms with Gasteiger partial charge in [-0.05, 0) is 49.3 Å². The van der Waals surface area contributed by atoms with Gasteiger partial charge in [0, 0.05) is 13.1 Å². The molecule has 2 rings (SSSR count). The van der Waals surface area contributed by atoms with Crippen LogP contribution in [0.2, 0.25) is 0 Å². The van der Waals surface area contributed by atoms with Crippen LogP contribution < -0.4 is 10.6 Å². The van der Waals surface area contributed by atoms with Crippen molar-refractivity contribution in [3.05, 3.63) is 24.0 Å². The predicted molar refractivity (Wildman–Crippen MR) is 75.3 cm³/mol. The Bertz CT molecular complexity index is 419. The first kappa shape index (κ1) is 13.2. The van der Waals surface area contributed by atoms with Crippen LogP contribution in [-0.4, -0.2) is 13.1 Å². The van der Waals surface area contributed by atoms with E-state index in [1.165, 1.54) is 37.8 Å². The highest BCUT2D eigenvalue weighted by Crippen LogP contribution is 2.38. The molecule has 2 nitrogen and oxygen atoms in total. The Kier molecular flexibility index (Phi) is 3.51. The maximum atomic E-state index is 13.1. The van der Waals surface area contributed by atoms with Gasteiger partial charge >= 0.3 is 0 Å². The highest BCUT2D eigenvalue weighted by Gasteiger charge is 2.29. The van der Waals surface area contributed by atoms with Crippen LogP contribution in [0.15, 0.2) is 18.2 Å². The molecule has 0 unspecified atom stereocenters. The number of hydrogen-bond donors (Lipinski definition) is 1. The van der Waals surface area contributed by atoms with E-state index < -0.39 is 0 Å². The number of nitrogen functional groups attached to an aromatic ring is 1. The lowest BCUT2D eigenvalue weighted by molar-refractivity contribution is 0.222. The van der Waals surface area contributed by atoms with Gasteiger partial charge in [-0.25, -0.2) is 4.39 Å². The molecule has 0 aromatic heterocycles. The van der Waals surface area contributed by atoms with Crippen LogP contribution in [-0.2, 0) is 0 Å². The molecule has 0 atom stereocenters. The predicted octanol–water partition coefficient (Wildman–Crippen LogP) is 3.81. The molecule has 3 heteroatoms. The molecule has 2 N–H and O–H groups in total. The molecule has 1 aromatic rings. The maximum Gasteiger partial charge on any atom is 0.125 e. The first-order chi connectivity index (χ1) is 8.39. The molecule has 0 aliphatic heterocycles. The number of nitrogens with two attached hydrogens (primary N) is 1. The van der Waals surface area contributed by atoms with Crippen molar-refractivity contribution >= 4 is 11.4 Å². The Labute approximate surface area is 109 Å². The molecule has 1 aliphatic rings. The summed E-state index contributed by atoms with van der Waals surface area (Å²) in [6.07, 6.45) is 4.84. The average molecular weight is 250 g/mol. The zero-order valence-electron chi connectivity index (χ0n) is 11.5. The maximum absolute atomic E-state index is 13.1. The summed E-state index contributed by atoms with van der Waals surface area (Å²) in [5.74, 6) is -0.269. The third-order valence-electron chi connectivity index (χ3n) is 4.23. The topological polar surface area (TPSA) is 29.3 Å². The van der Waals surface area contributed by atoms with Crippen molar-refractivity contribution in [1.82, 2.24) is 0 Å². The van der Waals surface area contributed by atoms with Crippen molar-refractivity contribution in [2.75, 3.05) is 17.7 Å². The van der Waals surface area contributed by atoms with Crippen LogP contribution in [0.1, 0.15) is 39.5 Å². The molecular weight excluding hydrogens is 227 g/mol. The van der Waals surface area contributed by atoms with Crippen molar-refractivity contribution in [2.45, 2.75) is 45.6 Å². The van der Waals surface area contributed by atoms with E-state index >= 15 is 0 Å². The number of nitrogens with zero attached hydrogens (tertiary/aromatic N) is 1. The quantitative estimate of drug-likeness (QED) is 0.809. The van der Waals surface area contributed by atoms with Gasteiger partial charge in [0.25, 0.3) is 0 Å². The van der Waals surface area contributed by atoms with E-state index in [1.807, 2.05) is 0 Å². The van der Waals surface area contributed by atoms with E-state index in [0.717, 1.165) is 5.69 Å². The van der Waals surface area contributed by atoms with Gasteiger partial charge in [-0.3, -0.25) is 0 Å². The fourth-order valence-electron chi connectivity index (χ4n) is 2.81. The summed E-state index contributed by atoms with van der Waals surface area (Å²) in [5, 5.41) is 0. The van der Waals surface area contributed by atoms with Crippen LogP contribution in [0, 0.1) is 11.2 Å². The average Bonchev–Trinajstić information content (AvgIpc) is 2.28. The first-order valence-electron chi connectivity index (χ1n) is 6.67. The summed E-state index contributed by atoms with van der Waals surface area (Å²) < 4.78 is 13.1. The Balaban J connectivity index is 2.10. The van der Waals surface area contributed by atoms with Crippen LogP contribution in [0.25, 0.3) is 0 Å². The molecule has 0 spiro atoms. The molecule has 100 valence electrons. The Morgan fingerprint density at radius 3 is 2.44 bits per heavy atom. The highest BCUT2D eigenvalue weighted by atomic mass is 19.1. The summed E-state index contributed by atoms with van der Waals surface area (Å²) in [7, 11) is 2.06. The Morgan fingerprint density at radius 2 is 1.89 bits per heavy atom. The molecule has 1 saturated carbocycles. The van der Waals surface area contributed by atoms with Crippen LogP contribution in [0.4, 0.5) is 15.8 Å². The van der Waals surface area contributed by atoms with Gasteiger partial charge in [0.05, 0.1) is 11.4 Å². The number of hydrogen-bond acceptors (Lipinski definition) is 2. The zero-order chi connectivity index (χ0) is 13.3. The van der Waals surface area contributed by atoms with Crippen LogP contribution in [0.5, 0.6) is 0 Å². The van der Waals surface area contributed by atoms with Crippen LogP contribution >= 0.6 is 0 Å². The second-order valence-electron chi connectivity index (χ2n) is 6.21. The van der Waals surface area contributed by atoms with E-state index in [1.54, 1.807) is 6.07 Å². The lowest BCUT2D eigenvalue weighted by atomic mass is 9.75. The van der Waals surface area contributed by atoms with E-state index in [9.17, 15) is 4.39 Å². The van der Waals surface area contributed by atoms with E-state index in [-0.39, 0.29) is 5.82 Å². The molecule has 18 heavy (non-hydrogen) atoms. The molecule has 1 aromatic carbocycles. The smallest absolute Gasteiger partial charge is 0.125 e. The summed E-state index contributed by atoms with van der Waals surface area (Å²) in [6.45, 7) is 4.66. The fourth-order valence-corrected chi connectivity index (χ4v) is 2.81. The monoisotopic (exact) mass is 250 g/mol. The van der Waals surface area contributed by atoms with Gasteiger partial charge < -0.3 is 10.6 Å².